The third kappa shape index (κ3) is 4.43. The summed E-state index contributed by atoms with van der Waals surface area (Å²) >= 11 is 0. The van der Waals surface area contributed by atoms with Gasteiger partial charge in [-0.1, -0.05) is 18.2 Å². The fourth-order valence-corrected chi connectivity index (χ4v) is 3.97. The molecule has 0 amide bonds. The highest BCUT2D eigenvalue weighted by Crippen LogP contribution is 2.33. The van der Waals surface area contributed by atoms with Gasteiger partial charge in [0.05, 0.1) is 13.2 Å². The van der Waals surface area contributed by atoms with E-state index < -0.39 is 37.3 Å². The van der Waals surface area contributed by atoms with Gasteiger partial charge in [0.25, 0.3) is 0 Å². The standard InChI is InChI=1S/C23H26O9/c24-11-18-20(27)21(28)22(29)23(32-18)31-17-3-1-2-14(25)19(17)15(26)6-4-12-5-7-16-13(10-12)8-9-30-16/h1-3,5,7,10,18,20-25,27-29H,4,6,8-9,11H2/t18-,20-,21+,22-,23-/m1/s1. The largest absolute Gasteiger partial charge is 0.507 e. The second-order valence-corrected chi connectivity index (χ2v) is 7.93. The van der Waals surface area contributed by atoms with E-state index >= 15 is 0 Å². The maximum atomic E-state index is 13.0. The number of aryl methyl sites for hydroxylation is 1. The third-order valence-corrected chi connectivity index (χ3v) is 5.77. The van der Waals surface area contributed by atoms with Crippen LogP contribution in [0.2, 0.25) is 0 Å². The van der Waals surface area contributed by atoms with Gasteiger partial charge >= 0.3 is 0 Å². The number of carbonyl (C=O) groups is 1. The minimum Gasteiger partial charge on any atom is -0.507 e. The van der Waals surface area contributed by atoms with E-state index in [1.165, 1.54) is 18.2 Å². The van der Waals surface area contributed by atoms with E-state index in [-0.39, 0.29) is 29.3 Å². The lowest BCUT2D eigenvalue weighted by Gasteiger charge is -2.39. The molecule has 2 aliphatic rings. The molecule has 2 aliphatic heterocycles. The van der Waals surface area contributed by atoms with Gasteiger partial charge in [-0.15, -0.1) is 0 Å². The van der Waals surface area contributed by atoms with Crippen LogP contribution in [0.5, 0.6) is 17.2 Å². The maximum Gasteiger partial charge on any atom is 0.229 e. The van der Waals surface area contributed by atoms with Gasteiger partial charge < -0.3 is 39.7 Å². The zero-order valence-electron chi connectivity index (χ0n) is 17.3. The summed E-state index contributed by atoms with van der Waals surface area (Å²) < 4.78 is 16.4. The highest BCUT2D eigenvalue weighted by molar-refractivity contribution is 6.01. The minimum absolute atomic E-state index is 0.0401. The number of rotatable bonds is 7. The molecule has 4 rings (SSSR count). The Bertz CT molecular complexity index is 974. The van der Waals surface area contributed by atoms with Crippen molar-refractivity contribution in [2.45, 2.75) is 50.0 Å². The first kappa shape index (κ1) is 22.5. The molecule has 9 heteroatoms. The average Bonchev–Trinajstić information content (AvgIpc) is 3.26. The number of aliphatic hydroxyl groups is 4. The van der Waals surface area contributed by atoms with Crippen LogP contribution in [0.15, 0.2) is 36.4 Å². The van der Waals surface area contributed by atoms with Crippen LogP contribution in [0.4, 0.5) is 0 Å². The molecular formula is C23H26O9. The number of hydrogen-bond acceptors (Lipinski definition) is 9. The number of phenols is 1. The number of aliphatic hydroxyl groups excluding tert-OH is 4. The molecule has 172 valence electrons. The monoisotopic (exact) mass is 446 g/mol. The van der Waals surface area contributed by atoms with Crippen molar-refractivity contribution in [1.29, 1.82) is 0 Å². The van der Waals surface area contributed by atoms with Crippen LogP contribution in [-0.4, -0.2) is 75.2 Å². The molecule has 2 aromatic carbocycles. The number of carbonyl (C=O) groups excluding carboxylic acids is 1. The molecular weight excluding hydrogens is 420 g/mol. The first-order valence-corrected chi connectivity index (χ1v) is 10.5. The van der Waals surface area contributed by atoms with Gasteiger partial charge in [-0.3, -0.25) is 4.79 Å². The Morgan fingerprint density at radius 1 is 1.09 bits per heavy atom. The molecule has 0 saturated carbocycles. The van der Waals surface area contributed by atoms with Crippen molar-refractivity contribution in [1.82, 2.24) is 0 Å². The van der Waals surface area contributed by atoms with Crippen molar-refractivity contribution >= 4 is 5.78 Å². The quantitative estimate of drug-likeness (QED) is 0.380. The van der Waals surface area contributed by atoms with Crippen LogP contribution in [0, 0.1) is 0 Å². The van der Waals surface area contributed by atoms with E-state index in [0.717, 1.165) is 23.3 Å². The van der Waals surface area contributed by atoms with Gasteiger partial charge in [-0.25, -0.2) is 0 Å². The van der Waals surface area contributed by atoms with Crippen LogP contribution in [-0.2, 0) is 17.6 Å². The number of Topliss-reactive ketones (excluding diaryl/α,β-unsaturated/α-hetero) is 1. The molecule has 32 heavy (non-hydrogen) atoms. The van der Waals surface area contributed by atoms with Crippen LogP contribution >= 0.6 is 0 Å². The van der Waals surface area contributed by atoms with Gasteiger partial charge in [0, 0.05) is 12.8 Å². The molecule has 1 fully saturated rings. The molecule has 2 aromatic rings. The number of ketones is 1. The van der Waals surface area contributed by atoms with Crippen molar-refractivity contribution in [3.8, 4) is 17.2 Å². The van der Waals surface area contributed by atoms with Gasteiger partial charge in [-0.05, 0) is 35.7 Å². The molecule has 0 spiro atoms. The van der Waals surface area contributed by atoms with Crippen molar-refractivity contribution in [3.63, 3.8) is 0 Å². The molecule has 0 aliphatic carbocycles. The van der Waals surface area contributed by atoms with E-state index in [9.17, 15) is 30.3 Å². The van der Waals surface area contributed by atoms with E-state index in [0.29, 0.717) is 13.0 Å². The summed E-state index contributed by atoms with van der Waals surface area (Å²) in [5.41, 5.74) is 1.99. The summed E-state index contributed by atoms with van der Waals surface area (Å²) in [7, 11) is 0. The molecule has 0 aromatic heterocycles. The zero-order valence-corrected chi connectivity index (χ0v) is 17.3. The molecule has 1 saturated heterocycles. The predicted octanol–water partition coefficient (Wildman–Crippen LogP) is 0.321. The first-order valence-electron chi connectivity index (χ1n) is 10.5. The second-order valence-electron chi connectivity index (χ2n) is 7.93. The number of ether oxygens (including phenoxy) is 3. The highest BCUT2D eigenvalue weighted by Gasteiger charge is 2.45. The van der Waals surface area contributed by atoms with Crippen LogP contribution < -0.4 is 9.47 Å². The van der Waals surface area contributed by atoms with Gasteiger partial charge in [0.1, 0.15) is 47.2 Å². The molecule has 2 heterocycles. The normalized spacial score (nSPS) is 26.9. The topological polar surface area (TPSA) is 146 Å². The van der Waals surface area contributed by atoms with E-state index in [4.69, 9.17) is 14.2 Å². The Hall–Kier alpha value is -2.69. The lowest BCUT2D eigenvalue weighted by molar-refractivity contribution is -0.277. The van der Waals surface area contributed by atoms with Gasteiger partial charge in [0.15, 0.2) is 5.78 Å². The number of hydrogen-bond donors (Lipinski definition) is 5. The van der Waals surface area contributed by atoms with Crippen molar-refractivity contribution < 1.29 is 44.5 Å². The summed E-state index contributed by atoms with van der Waals surface area (Å²) in [5, 5.41) is 49.7. The van der Waals surface area contributed by atoms with Gasteiger partial charge in [-0.2, -0.15) is 0 Å². The number of benzene rings is 2. The fraction of sp³-hybridized carbons (Fsp3) is 0.435. The molecule has 0 bridgehead atoms. The number of fused-ring (bicyclic) bond motifs is 1. The summed E-state index contributed by atoms with van der Waals surface area (Å²) in [6.07, 6.45) is -6.03. The third-order valence-electron chi connectivity index (χ3n) is 5.77. The molecule has 5 atom stereocenters. The van der Waals surface area contributed by atoms with E-state index in [2.05, 4.69) is 0 Å². The lowest BCUT2D eigenvalue weighted by atomic mass is 9.98. The van der Waals surface area contributed by atoms with Crippen LogP contribution in [0.1, 0.15) is 27.9 Å². The summed E-state index contributed by atoms with van der Waals surface area (Å²) in [5.74, 6) is 0.150. The maximum absolute atomic E-state index is 13.0. The van der Waals surface area contributed by atoms with Crippen LogP contribution in [0.25, 0.3) is 0 Å². The molecule has 0 unspecified atom stereocenters. The average molecular weight is 446 g/mol. The summed E-state index contributed by atoms with van der Waals surface area (Å²) in [6.45, 7) is 0.0384. The Labute approximate surface area is 184 Å². The highest BCUT2D eigenvalue weighted by atomic mass is 16.7. The Morgan fingerprint density at radius 2 is 1.91 bits per heavy atom. The van der Waals surface area contributed by atoms with Crippen LogP contribution in [0.3, 0.4) is 0 Å². The first-order chi connectivity index (χ1) is 15.4. The number of aromatic hydroxyl groups is 1. The van der Waals surface area contributed by atoms with Gasteiger partial charge in [0.2, 0.25) is 6.29 Å². The molecule has 9 nitrogen and oxygen atoms in total. The molecule has 0 radical (unpaired) electrons. The SMILES string of the molecule is O=C(CCc1ccc2c(c1)CCO2)c1c(O)cccc1O[C@@H]1O[C@H](CO)[C@@H](O)[C@H](O)[C@H]1O. The summed E-state index contributed by atoms with van der Waals surface area (Å²) in [4.78, 5) is 13.0. The smallest absolute Gasteiger partial charge is 0.229 e. The Kier molecular flexibility index (Phi) is 6.63. The van der Waals surface area contributed by atoms with E-state index in [1.54, 1.807) is 0 Å². The predicted molar refractivity (Wildman–Crippen MR) is 111 cm³/mol. The van der Waals surface area contributed by atoms with Crippen molar-refractivity contribution in [3.05, 3.63) is 53.1 Å². The van der Waals surface area contributed by atoms with Crippen molar-refractivity contribution in [2.75, 3.05) is 13.2 Å². The van der Waals surface area contributed by atoms with Crippen molar-refractivity contribution in [2.24, 2.45) is 0 Å². The van der Waals surface area contributed by atoms with E-state index in [1.807, 2.05) is 18.2 Å². The lowest BCUT2D eigenvalue weighted by Crippen LogP contribution is -2.60. The second kappa shape index (κ2) is 9.43. The zero-order chi connectivity index (χ0) is 22.8. The minimum atomic E-state index is -1.63. The fourth-order valence-electron chi connectivity index (χ4n) is 3.97. The summed E-state index contributed by atoms with van der Waals surface area (Å²) in [6, 6.07) is 10.0. The molecule has 5 N–H and O–H groups in total. The number of phenolic OH excluding ortho intramolecular Hbond substituents is 1. The Balaban J connectivity index is 1.49. The Morgan fingerprint density at radius 3 is 2.69 bits per heavy atom.